The van der Waals surface area contributed by atoms with E-state index in [1.807, 2.05) is 67.6 Å². The molecule has 0 aliphatic carbocycles. The van der Waals surface area contributed by atoms with Crippen LogP contribution in [0.5, 0.6) is 17.2 Å². The minimum atomic E-state index is 0.471. The van der Waals surface area contributed by atoms with Gasteiger partial charge in [-0.25, -0.2) is 0 Å². The molecule has 0 aromatic heterocycles. The number of rotatable bonds is 5. The lowest BCUT2D eigenvalue weighted by Crippen LogP contribution is -1.97. The van der Waals surface area contributed by atoms with Crippen LogP contribution in [0, 0.1) is 6.92 Å². The van der Waals surface area contributed by atoms with Crippen molar-refractivity contribution in [3.8, 4) is 17.2 Å². The van der Waals surface area contributed by atoms with Gasteiger partial charge in [0.1, 0.15) is 23.9 Å². The maximum absolute atomic E-state index is 5.98. The maximum Gasteiger partial charge on any atom is 0.131 e. The van der Waals surface area contributed by atoms with Gasteiger partial charge in [-0.1, -0.05) is 47.5 Å². The lowest BCUT2D eigenvalue weighted by molar-refractivity contribution is 0.302. The number of benzene rings is 3. The Bertz CT molecular complexity index is 829. The van der Waals surface area contributed by atoms with Crippen LogP contribution in [0.3, 0.4) is 0 Å². The zero-order chi connectivity index (χ0) is 16.9. The quantitative estimate of drug-likeness (QED) is 0.506. The molecule has 0 heterocycles. The third-order valence-corrected chi connectivity index (χ3v) is 3.99. The molecule has 3 aromatic rings. The van der Waals surface area contributed by atoms with E-state index < -0.39 is 0 Å². The van der Waals surface area contributed by atoms with E-state index in [2.05, 4.69) is 0 Å². The zero-order valence-electron chi connectivity index (χ0n) is 13.1. The van der Waals surface area contributed by atoms with Gasteiger partial charge in [-0.3, -0.25) is 0 Å². The number of hydrogen-bond acceptors (Lipinski definition) is 2. The van der Waals surface area contributed by atoms with E-state index in [1.165, 1.54) is 0 Å². The molecule has 0 saturated heterocycles. The summed E-state index contributed by atoms with van der Waals surface area (Å²) >= 11 is 11.9. The van der Waals surface area contributed by atoms with Crippen molar-refractivity contribution in [2.24, 2.45) is 0 Å². The van der Waals surface area contributed by atoms with E-state index in [0.29, 0.717) is 28.2 Å². The molecule has 0 atom stereocenters. The predicted molar refractivity (Wildman–Crippen MR) is 98.5 cm³/mol. The van der Waals surface area contributed by atoms with Crippen LogP contribution < -0.4 is 9.47 Å². The van der Waals surface area contributed by atoms with E-state index in [4.69, 9.17) is 32.7 Å². The topological polar surface area (TPSA) is 18.5 Å². The zero-order valence-corrected chi connectivity index (χ0v) is 14.6. The van der Waals surface area contributed by atoms with Crippen molar-refractivity contribution in [1.29, 1.82) is 0 Å². The van der Waals surface area contributed by atoms with Gasteiger partial charge in [0.2, 0.25) is 0 Å². The molecule has 0 aliphatic heterocycles. The van der Waals surface area contributed by atoms with E-state index >= 15 is 0 Å². The fourth-order valence-corrected chi connectivity index (χ4v) is 2.51. The monoisotopic (exact) mass is 358 g/mol. The molecule has 0 spiro atoms. The van der Waals surface area contributed by atoms with Crippen molar-refractivity contribution in [1.82, 2.24) is 0 Å². The highest BCUT2D eigenvalue weighted by molar-refractivity contribution is 6.30. The Morgan fingerprint density at radius 3 is 2.29 bits per heavy atom. The fraction of sp³-hybridized carbons (Fsp3) is 0.100. The van der Waals surface area contributed by atoms with Gasteiger partial charge in [-0.2, -0.15) is 0 Å². The summed E-state index contributed by atoms with van der Waals surface area (Å²) in [5, 5.41) is 1.35. The van der Waals surface area contributed by atoms with E-state index in [0.717, 1.165) is 16.9 Å². The number of halogens is 2. The van der Waals surface area contributed by atoms with Crippen LogP contribution in [-0.2, 0) is 6.61 Å². The molecule has 0 N–H and O–H groups in total. The molecule has 2 nitrogen and oxygen atoms in total. The Balaban J connectivity index is 1.72. The third kappa shape index (κ3) is 4.44. The predicted octanol–water partition coefficient (Wildman–Crippen LogP) is 6.67. The largest absolute Gasteiger partial charge is 0.488 e. The molecule has 4 heteroatoms. The third-order valence-electron chi connectivity index (χ3n) is 3.50. The van der Waals surface area contributed by atoms with Gasteiger partial charge in [-0.05, 0) is 54.4 Å². The summed E-state index contributed by atoms with van der Waals surface area (Å²) in [6.07, 6.45) is 0. The summed E-state index contributed by atoms with van der Waals surface area (Å²) in [6.45, 7) is 2.47. The smallest absolute Gasteiger partial charge is 0.131 e. The highest BCUT2D eigenvalue weighted by atomic mass is 35.5. The Morgan fingerprint density at radius 1 is 0.792 bits per heavy atom. The average molecular weight is 359 g/mol. The number of ether oxygens (including phenoxy) is 2. The second-order valence-electron chi connectivity index (χ2n) is 5.40. The van der Waals surface area contributed by atoms with E-state index in [-0.39, 0.29) is 0 Å². The molecule has 0 amide bonds. The van der Waals surface area contributed by atoms with Crippen molar-refractivity contribution in [2.45, 2.75) is 13.5 Å². The van der Waals surface area contributed by atoms with Crippen molar-refractivity contribution in [3.05, 3.63) is 87.9 Å². The van der Waals surface area contributed by atoms with Crippen molar-refractivity contribution < 1.29 is 9.47 Å². The maximum atomic E-state index is 5.98. The molecule has 24 heavy (non-hydrogen) atoms. The van der Waals surface area contributed by atoms with E-state index in [1.54, 1.807) is 6.07 Å². The molecule has 0 bridgehead atoms. The normalized spacial score (nSPS) is 10.5. The van der Waals surface area contributed by atoms with Gasteiger partial charge in [0.15, 0.2) is 0 Å². The van der Waals surface area contributed by atoms with Crippen LogP contribution in [0.1, 0.15) is 11.1 Å². The first-order chi connectivity index (χ1) is 11.6. The number of aryl methyl sites for hydroxylation is 1. The minimum Gasteiger partial charge on any atom is -0.488 e. The summed E-state index contributed by atoms with van der Waals surface area (Å²) in [5.74, 6) is 2.17. The van der Waals surface area contributed by atoms with Crippen molar-refractivity contribution in [2.75, 3.05) is 0 Å². The van der Waals surface area contributed by atoms with Gasteiger partial charge in [-0.15, -0.1) is 0 Å². The van der Waals surface area contributed by atoms with Gasteiger partial charge >= 0.3 is 0 Å². The van der Waals surface area contributed by atoms with Crippen molar-refractivity contribution >= 4 is 23.2 Å². The Labute approximate surface area is 151 Å². The molecule has 3 aromatic carbocycles. The molecular formula is C20H16Cl2O2. The van der Waals surface area contributed by atoms with Gasteiger partial charge in [0.05, 0.1) is 0 Å². The summed E-state index contributed by atoms with van der Waals surface area (Å²) < 4.78 is 11.8. The molecule has 122 valence electrons. The summed E-state index contributed by atoms with van der Waals surface area (Å²) in [6, 6.07) is 20.7. The van der Waals surface area contributed by atoms with Crippen LogP contribution in [0.4, 0.5) is 0 Å². The highest BCUT2D eigenvalue weighted by Gasteiger charge is 2.05. The summed E-state index contributed by atoms with van der Waals surface area (Å²) in [4.78, 5) is 0. The summed E-state index contributed by atoms with van der Waals surface area (Å²) in [7, 11) is 0. The van der Waals surface area contributed by atoms with Crippen molar-refractivity contribution in [3.63, 3.8) is 0 Å². The fourth-order valence-electron chi connectivity index (χ4n) is 2.21. The second-order valence-corrected chi connectivity index (χ2v) is 6.27. The van der Waals surface area contributed by atoms with Crippen LogP contribution in [-0.4, -0.2) is 0 Å². The average Bonchev–Trinajstić information content (AvgIpc) is 2.57. The minimum absolute atomic E-state index is 0.471. The van der Waals surface area contributed by atoms with Crippen LogP contribution >= 0.6 is 23.2 Å². The van der Waals surface area contributed by atoms with Gasteiger partial charge in [0, 0.05) is 16.1 Å². The first-order valence-corrected chi connectivity index (χ1v) is 8.27. The molecule has 0 radical (unpaired) electrons. The van der Waals surface area contributed by atoms with Gasteiger partial charge < -0.3 is 9.47 Å². The number of hydrogen-bond donors (Lipinski definition) is 0. The molecular weight excluding hydrogens is 343 g/mol. The Hall–Kier alpha value is -2.16. The molecule has 0 unspecified atom stereocenters. The standard InChI is InChI=1S/C20H16Cl2O2/c1-14-5-10-19(24-18-4-2-3-17(22)11-18)12-20(14)23-13-15-6-8-16(21)9-7-15/h2-12H,13H2,1H3. The lowest BCUT2D eigenvalue weighted by Gasteiger charge is -2.12. The van der Waals surface area contributed by atoms with Crippen LogP contribution in [0.15, 0.2) is 66.7 Å². The Morgan fingerprint density at radius 2 is 1.54 bits per heavy atom. The molecule has 0 fully saturated rings. The first kappa shape index (κ1) is 16.7. The van der Waals surface area contributed by atoms with Crippen LogP contribution in [0.2, 0.25) is 10.0 Å². The molecule has 0 aliphatic rings. The first-order valence-electron chi connectivity index (χ1n) is 7.51. The molecule has 0 saturated carbocycles. The van der Waals surface area contributed by atoms with Gasteiger partial charge in [0.25, 0.3) is 0 Å². The van der Waals surface area contributed by atoms with Crippen LogP contribution in [0.25, 0.3) is 0 Å². The lowest BCUT2D eigenvalue weighted by atomic mass is 10.2. The SMILES string of the molecule is Cc1ccc(Oc2cccc(Cl)c2)cc1OCc1ccc(Cl)cc1. The molecule has 3 rings (SSSR count). The van der Waals surface area contributed by atoms with E-state index in [9.17, 15) is 0 Å². The Kier molecular flexibility index (Phi) is 5.29. The second kappa shape index (κ2) is 7.61. The summed E-state index contributed by atoms with van der Waals surface area (Å²) in [5.41, 5.74) is 2.10. The highest BCUT2D eigenvalue weighted by Crippen LogP contribution is 2.29.